The second-order valence-corrected chi connectivity index (χ2v) is 9.68. The number of nitrogens with zero attached hydrogens (tertiary/aromatic N) is 4. The van der Waals surface area contributed by atoms with Crippen molar-refractivity contribution in [2.75, 3.05) is 13.1 Å². The maximum absolute atomic E-state index is 13.2. The van der Waals surface area contributed by atoms with Gasteiger partial charge < -0.3 is 9.05 Å². The van der Waals surface area contributed by atoms with Crippen LogP contribution in [0.3, 0.4) is 0 Å². The summed E-state index contributed by atoms with van der Waals surface area (Å²) in [6.45, 7) is 8.14. The highest BCUT2D eigenvalue weighted by molar-refractivity contribution is 7.89. The molecule has 0 radical (unpaired) electrons. The molecule has 2 aromatic rings. The van der Waals surface area contributed by atoms with Gasteiger partial charge >= 0.3 is 0 Å². The Bertz CT molecular complexity index is 913. The highest BCUT2D eigenvalue weighted by Crippen LogP contribution is 2.51. The van der Waals surface area contributed by atoms with Crippen LogP contribution in [0.2, 0.25) is 0 Å². The molecular formula is C17H24N4O4S. The average Bonchev–Trinajstić information content (AvgIpc) is 3.28. The molecule has 26 heavy (non-hydrogen) atoms. The molecule has 0 aromatic carbocycles. The maximum Gasteiger partial charge on any atom is 0.248 e. The van der Waals surface area contributed by atoms with Gasteiger partial charge in [-0.3, -0.25) is 0 Å². The molecule has 2 fully saturated rings. The van der Waals surface area contributed by atoms with Crippen molar-refractivity contribution in [1.82, 2.24) is 19.6 Å². The summed E-state index contributed by atoms with van der Waals surface area (Å²) >= 11 is 0. The number of aryl methyl sites for hydroxylation is 2. The van der Waals surface area contributed by atoms with Crippen molar-refractivity contribution in [1.29, 1.82) is 0 Å². The number of hydrogen-bond donors (Lipinski definition) is 0. The van der Waals surface area contributed by atoms with Crippen LogP contribution in [0.4, 0.5) is 0 Å². The van der Waals surface area contributed by atoms with Crippen LogP contribution in [0.15, 0.2) is 13.9 Å². The number of hydrogen-bond acceptors (Lipinski definition) is 7. The van der Waals surface area contributed by atoms with Gasteiger partial charge in [-0.1, -0.05) is 30.6 Å². The molecule has 0 amide bonds. The molecule has 1 saturated carbocycles. The Morgan fingerprint density at radius 2 is 2.00 bits per heavy atom. The number of rotatable bonds is 4. The molecule has 2 unspecified atom stereocenters. The van der Waals surface area contributed by atoms with E-state index in [1.54, 1.807) is 18.2 Å². The van der Waals surface area contributed by atoms with E-state index in [9.17, 15) is 8.42 Å². The number of aromatic nitrogens is 3. The molecule has 2 atom stereocenters. The zero-order chi connectivity index (χ0) is 18.7. The fourth-order valence-electron chi connectivity index (χ4n) is 4.44. The van der Waals surface area contributed by atoms with Crippen molar-refractivity contribution < 1.29 is 17.5 Å². The van der Waals surface area contributed by atoms with E-state index in [2.05, 4.69) is 15.3 Å². The molecule has 142 valence electrons. The molecule has 1 aliphatic heterocycles. The smallest absolute Gasteiger partial charge is 0.248 e. The third-order valence-corrected chi connectivity index (χ3v) is 7.84. The summed E-state index contributed by atoms with van der Waals surface area (Å²) in [7, 11) is -3.66. The van der Waals surface area contributed by atoms with Crippen LogP contribution in [0.25, 0.3) is 0 Å². The van der Waals surface area contributed by atoms with E-state index >= 15 is 0 Å². The molecule has 0 bridgehead atoms. The van der Waals surface area contributed by atoms with E-state index in [1.807, 2.05) is 13.8 Å². The van der Waals surface area contributed by atoms with Crippen LogP contribution >= 0.6 is 0 Å². The summed E-state index contributed by atoms with van der Waals surface area (Å²) in [5, 5.41) is 8.03. The molecule has 3 heterocycles. The van der Waals surface area contributed by atoms with Crippen LogP contribution in [-0.4, -0.2) is 41.1 Å². The van der Waals surface area contributed by atoms with Gasteiger partial charge in [0.15, 0.2) is 11.6 Å². The Morgan fingerprint density at radius 1 is 1.23 bits per heavy atom. The molecule has 2 aliphatic rings. The molecule has 9 heteroatoms. The van der Waals surface area contributed by atoms with Crippen LogP contribution < -0.4 is 0 Å². The second-order valence-electron chi connectivity index (χ2n) is 7.81. The second kappa shape index (κ2) is 5.88. The van der Waals surface area contributed by atoms with Gasteiger partial charge in [0, 0.05) is 19.0 Å². The highest BCUT2D eigenvalue weighted by Gasteiger charge is 2.56. The van der Waals surface area contributed by atoms with E-state index in [1.165, 1.54) is 0 Å². The normalized spacial score (nSPS) is 26.7. The largest absolute Gasteiger partial charge is 0.360 e. The first kappa shape index (κ1) is 17.7. The topological polar surface area (TPSA) is 102 Å². The van der Waals surface area contributed by atoms with Crippen molar-refractivity contribution >= 4 is 10.0 Å². The van der Waals surface area contributed by atoms with Gasteiger partial charge in [-0.15, -0.1) is 0 Å². The van der Waals surface area contributed by atoms with Crippen LogP contribution in [0, 0.1) is 19.8 Å². The summed E-state index contributed by atoms with van der Waals surface area (Å²) in [6.07, 6.45) is 2.90. The lowest BCUT2D eigenvalue weighted by Crippen LogP contribution is -2.35. The molecule has 4 rings (SSSR count). The van der Waals surface area contributed by atoms with Gasteiger partial charge in [0.05, 0.1) is 5.41 Å². The lowest BCUT2D eigenvalue weighted by molar-refractivity contribution is 0.324. The molecule has 1 aliphatic carbocycles. The van der Waals surface area contributed by atoms with Crippen LogP contribution in [0.5, 0.6) is 0 Å². The number of sulfonamides is 1. The van der Waals surface area contributed by atoms with E-state index in [0.29, 0.717) is 36.3 Å². The monoisotopic (exact) mass is 380 g/mol. The molecule has 0 N–H and O–H groups in total. The van der Waals surface area contributed by atoms with Crippen molar-refractivity contribution in [3.05, 3.63) is 23.2 Å². The van der Waals surface area contributed by atoms with E-state index in [4.69, 9.17) is 9.05 Å². The lowest BCUT2D eigenvalue weighted by atomic mass is 9.80. The van der Waals surface area contributed by atoms with Gasteiger partial charge in [-0.05, 0) is 32.6 Å². The predicted octanol–water partition coefficient (Wildman–Crippen LogP) is 2.54. The first-order chi connectivity index (χ1) is 12.3. The van der Waals surface area contributed by atoms with Crippen molar-refractivity contribution in [3.8, 4) is 0 Å². The fourth-order valence-corrected chi connectivity index (χ4v) is 6.28. The molecule has 1 saturated heterocycles. The Labute approximate surface area is 153 Å². The first-order valence-corrected chi connectivity index (χ1v) is 10.5. The maximum atomic E-state index is 13.2. The summed E-state index contributed by atoms with van der Waals surface area (Å²) in [5.74, 6) is 1.94. The Hall–Kier alpha value is -1.74. The molecule has 2 aromatic heterocycles. The van der Waals surface area contributed by atoms with Crippen molar-refractivity contribution in [2.24, 2.45) is 5.92 Å². The fraction of sp³-hybridized carbons (Fsp3) is 0.706. The van der Waals surface area contributed by atoms with Gasteiger partial charge in [-0.2, -0.15) is 9.29 Å². The average molecular weight is 380 g/mol. The third kappa shape index (κ3) is 2.44. The SMILES string of the molecule is Cc1noc(C)c1S(=O)(=O)N1CC2CCCC2(c2noc(C(C)C)n2)C1. The zero-order valence-corrected chi connectivity index (χ0v) is 16.3. The van der Waals surface area contributed by atoms with Gasteiger partial charge in [0.1, 0.15) is 10.6 Å². The first-order valence-electron chi connectivity index (χ1n) is 9.03. The van der Waals surface area contributed by atoms with E-state index in [-0.39, 0.29) is 22.1 Å². The third-order valence-electron chi connectivity index (χ3n) is 5.79. The predicted molar refractivity (Wildman–Crippen MR) is 92.1 cm³/mol. The molecular weight excluding hydrogens is 356 g/mol. The van der Waals surface area contributed by atoms with Crippen molar-refractivity contribution in [3.63, 3.8) is 0 Å². The van der Waals surface area contributed by atoms with Crippen LogP contribution in [-0.2, 0) is 15.4 Å². The van der Waals surface area contributed by atoms with E-state index < -0.39 is 10.0 Å². The highest BCUT2D eigenvalue weighted by atomic mass is 32.2. The van der Waals surface area contributed by atoms with Gasteiger partial charge in [-0.25, -0.2) is 8.42 Å². The van der Waals surface area contributed by atoms with Crippen LogP contribution in [0.1, 0.15) is 62.2 Å². The molecule has 8 nitrogen and oxygen atoms in total. The Morgan fingerprint density at radius 3 is 2.62 bits per heavy atom. The summed E-state index contributed by atoms with van der Waals surface area (Å²) in [6, 6.07) is 0. The number of fused-ring (bicyclic) bond motifs is 1. The summed E-state index contributed by atoms with van der Waals surface area (Å²) in [5.41, 5.74) is 0.0399. The Balaban J connectivity index is 1.71. The van der Waals surface area contributed by atoms with Gasteiger partial charge in [0.25, 0.3) is 0 Å². The quantitative estimate of drug-likeness (QED) is 0.803. The minimum atomic E-state index is -3.66. The standard InChI is InChI=1S/C17H24N4O4S/c1-10(2)15-18-16(20-25-15)17-7-5-6-13(17)8-21(9-17)26(22,23)14-11(3)19-24-12(14)4/h10,13H,5-9H2,1-4H3. The van der Waals surface area contributed by atoms with E-state index in [0.717, 1.165) is 19.3 Å². The Kier molecular flexibility index (Phi) is 4.00. The van der Waals surface area contributed by atoms with Gasteiger partial charge in [0.2, 0.25) is 15.9 Å². The zero-order valence-electron chi connectivity index (χ0n) is 15.5. The summed E-state index contributed by atoms with van der Waals surface area (Å²) < 4.78 is 38.5. The van der Waals surface area contributed by atoms with Crippen molar-refractivity contribution in [2.45, 2.75) is 63.2 Å². The lowest BCUT2D eigenvalue weighted by Gasteiger charge is -2.24. The molecule has 0 spiro atoms. The minimum Gasteiger partial charge on any atom is -0.360 e. The minimum absolute atomic E-state index is 0.149. The summed E-state index contributed by atoms with van der Waals surface area (Å²) in [4.78, 5) is 4.79.